The number of carbonyl (C=O) groups excluding carboxylic acids is 1. The van der Waals surface area contributed by atoms with Gasteiger partial charge in [-0.1, -0.05) is 24.3 Å². The number of aromatic nitrogens is 1. The molecular formula is C15H10F3NO. The zero-order valence-corrected chi connectivity index (χ0v) is 10.3. The van der Waals surface area contributed by atoms with Crippen LogP contribution in [0.4, 0.5) is 13.2 Å². The SMILES string of the molecule is O=Cc1cccc(/C=C/c2ccc(C(F)(F)F)cc2)n1. The van der Waals surface area contributed by atoms with Gasteiger partial charge in [0.25, 0.3) is 0 Å². The van der Waals surface area contributed by atoms with Gasteiger partial charge in [0.15, 0.2) is 6.29 Å². The highest BCUT2D eigenvalue weighted by molar-refractivity contribution is 5.74. The topological polar surface area (TPSA) is 30.0 Å². The summed E-state index contributed by atoms with van der Waals surface area (Å²) in [5, 5.41) is 0. The summed E-state index contributed by atoms with van der Waals surface area (Å²) in [6.07, 6.45) is -0.426. The molecule has 0 aliphatic carbocycles. The smallest absolute Gasteiger partial charge is 0.296 e. The molecule has 0 saturated heterocycles. The summed E-state index contributed by atoms with van der Waals surface area (Å²) in [5.41, 5.74) is 0.807. The number of pyridine rings is 1. The van der Waals surface area contributed by atoms with Crippen LogP contribution >= 0.6 is 0 Å². The standard InChI is InChI=1S/C15H10F3NO/c16-15(17,18)12-7-4-11(5-8-12)6-9-13-2-1-3-14(10-20)19-13/h1-10H/b9-6+. The van der Waals surface area contributed by atoms with Crippen LogP contribution in [-0.2, 0) is 6.18 Å². The molecule has 0 atom stereocenters. The van der Waals surface area contributed by atoms with Crippen LogP contribution in [0.2, 0.25) is 0 Å². The van der Waals surface area contributed by atoms with Crippen molar-refractivity contribution < 1.29 is 18.0 Å². The third kappa shape index (κ3) is 3.54. The molecule has 1 aromatic carbocycles. The van der Waals surface area contributed by atoms with E-state index in [0.717, 1.165) is 12.1 Å². The average Bonchev–Trinajstić information content (AvgIpc) is 2.45. The number of rotatable bonds is 3. The van der Waals surface area contributed by atoms with Crippen molar-refractivity contribution in [3.05, 3.63) is 65.0 Å². The van der Waals surface area contributed by atoms with Gasteiger partial charge in [-0.05, 0) is 35.9 Å². The molecule has 20 heavy (non-hydrogen) atoms. The van der Waals surface area contributed by atoms with Crippen molar-refractivity contribution in [3.63, 3.8) is 0 Å². The molecule has 0 bridgehead atoms. The molecule has 0 amide bonds. The van der Waals surface area contributed by atoms with E-state index in [1.54, 1.807) is 30.4 Å². The summed E-state index contributed by atoms with van der Waals surface area (Å²) in [7, 11) is 0. The minimum atomic E-state index is -4.33. The van der Waals surface area contributed by atoms with Gasteiger partial charge >= 0.3 is 6.18 Å². The lowest BCUT2D eigenvalue weighted by Gasteiger charge is -2.05. The summed E-state index contributed by atoms with van der Waals surface area (Å²) in [6.45, 7) is 0. The molecule has 102 valence electrons. The minimum absolute atomic E-state index is 0.305. The molecule has 0 aliphatic heterocycles. The third-order valence-electron chi connectivity index (χ3n) is 2.60. The Bertz CT molecular complexity index is 630. The Morgan fingerprint density at radius 2 is 1.55 bits per heavy atom. The number of halogens is 3. The van der Waals surface area contributed by atoms with Gasteiger partial charge in [-0.25, -0.2) is 4.98 Å². The first-order valence-corrected chi connectivity index (χ1v) is 5.76. The van der Waals surface area contributed by atoms with Crippen molar-refractivity contribution in [2.24, 2.45) is 0 Å². The van der Waals surface area contributed by atoms with Gasteiger partial charge in [0, 0.05) is 0 Å². The predicted octanol–water partition coefficient (Wildman–Crippen LogP) is 4.08. The fourth-order valence-corrected chi connectivity index (χ4v) is 1.59. The van der Waals surface area contributed by atoms with E-state index in [4.69, 9.17) is 0 Å². The first-order chi connectivity index (χ1) is 9.49. The van der Waals surface area contributed by atoms with Crippen molar-refractivity contribution in [1.29, 1.82) is 0 Å². The van der Waals surface area contributed by atoms with Crippen molar-refractivity contribution in [2.75, 3.05) is 0 Å². The van der Waals surface area contributed by atoms with Crippen molar-refractivity contribution in [1.82, 2.24) is 4.98 Å². The number of hydrogen-bond acceptors (Lipinski definition) is 2. The van der Waals surface area contributed by atoms with Crippen molar-refractivity contribution in [3.8, 4) is 0 Å². The van der Waals surface area contributed by atoms with Crippen LogP contribution in [0.5, 0.6) is 0 Å². The molecule has 0 unspecified atom stereocenters. The van der Waals surface area contributed by atoms with E-state index < -0.39 is 11.7 Å². The highest BCUT2D eigenvalue weighted by atomic mass is 19.4. The number of benzene rings is 1. The molecule has 5 heteroatoms. The molecule has 0 aliphatic rings. The monoisotopic (exact) mass is 277 g/mol. The van der Waals surface area contributed by atoms with Gasteiger partial charge in [0.05, 0.1) is 11.3 Å². The van der Waals surface area contributed by atoms with E-state index in [-0.39, 0.29) is 0 Å². The van der Waals surface area contributed by atoms with E-state index in [1.165, 1.54) is 12.1 Å². The van der Waals surface area contributed by atoms with E-state index in [9.17, 15) is 18.0 Å². The van der Waals surface area contributed by atoms with Gasteiger partial charge in [-0.3, -0.25) is 4.79 Å². The molecule has 1 aromatic heterocycles. The van der Waals surface area contributed by atoms with Crippen LogP contribution in [-0.4, -0.2) is 11.3 Å². The molecule has 2 aromatic rings. The Kier molecular flexibility index (Phi) is 3.98. The van der Waals surface area contributed by atoms with E-state index in [2.05, 4.69) is 4.98 Å². The van der Waals surface area contributed by atoms with Gasteiger partial charge in [-0.2, -0.15) is 13.2 Å². The van der Waals surface area contributed by atoms with Crippen LogP contribution in [0, 0.1) is 0 Å². The van der Waals surface area contributed by atoms with Gasteiger partial charge in [0.1, 0.15) is 5.69 Å². The van der Waals surface area contributed by atoms with Crippen LogP contribution in [0.3, 0.4) is 0 Å². The molecule has 2 rings (SSSR count). The highest BCUT2D eigenvalue weighted by Gasteiger charge is 2.29. The van der Waals surface area contributed by atoms with Gasteiger partial charge < -0.3 is 0 Å². The molecule has 0 radical (unpaired) electrons. The zero-order valence-electron chi connectivity index (χ0n) is 10.3. The lowest BCUT2D eigenvalue weighted by atomic mass is 10.1. The lowest BCUT2D eigenvalue weighted by Crippen LogP contribution is -2.03. The van der Waals surface area contributed by atoms with Crippen molar-refractivity contribution >= 4 is 18.4 Å². The fraction of sp³-hybridized carbons (Fsp3) is 0.0667. The molecule has 1 heterocycles. The maximum atomic E-state index is 12.4. The zero-order chi connectivity index (χ0) is 14.6. The van der Waals surface area contributed by atoms with Gasteiger partial charge in [0.2, 0.25) is 0 Å². The first-order valence-electron chi connectivity index (χ1n) is 5.76. The molecule has 0 N–H and O–H groups in total. The Hall–Kier alpha value is -2.43. The molecule has 0 fully saturated rings. The third-order valence-corrected chi connectivity index (χ3v) is 2.60. The highest BCUT2D eigenvalue weighted by Crippen LogP contribution is 2.29. The maximum absolute atomic E-state index is 12.4. The van der Waals surface area contributed by atoms with Crippen LogP contribution in [0.25, 0.3) is 12.2 Å². The Morgan fingerprint density at radius 3 is 2.15 bits per heavy atom. The molecule has 0 saturated carbocycles. The summed E-state index contributed by atoms with van der Waals surface area (Å²) in [6, 6.07) is 9.76. The number of carbonyl (C=O) groups is 1. The first kappa shape index (κ1) is 14.0. The number of alkyl halides is 3. The second-order valence-corrected chi connectivity index (χ2v) is 4.06. The van der Waals surface area contributed by atoms with Crippen LogP contribution in [0.1, 0.15) is 27.3 Å². The lowest BCUT2D eigenvalue weighted by molar-refractivity contribution is -0.137. The number of nitrogens with zero attached hydrogens (tertiary/aromatic N) is 1. The van der Waals surface area contributed by atoms with E-state index in [0.29, 0.717) is 23.2 Å². The Balaban J connectivity index is 2.17. The summed E-state index contributed by atoms with van der Waals surface area (Å²) >= 11 is 0. The number of hydrogen-bond donors (Lipinski definition) is 0. The van der Waals surface area contributed by atoms with E-state index in [1.807, 2.05) is 0 Å². The molecular weight excluding hydrogens is 267 g/mol. The Labute approximate surface area is 113 Å². The second kappa shape index (κ2) is 5.69. The fourth-order valence-electron chi connectivity index (χ4n) is 1.59. The average molecular weight is 277 g/mol. The van der Waals surface area contributed by atoms with Gasteiger partial charge in [-0.15, -0.1) is 0 Å². The summed E-state index contributed by atoms with van der Waals surface area (Å²) in [4.78, 5) is 14.6. The minimum Gasteiger partial charge on any atom is -0.296 e. The quantitative estimate of drug-likeness (QED) is 0.791. The largest absolute Gasteiger partial charge is 0.416 e. The van der Waals surface area contributed by atoms with Crippen LogP contribution < -0.4 is 0 Å². The maximum Gasteiger partial charge on any atom is 0.416 e. The Morgan fingerprint density at radius 1 is 0.900 bits per heavy atom. The van der Waals surface area contributed by atoms with Crippen molar-refractivity contribution in [2.45, 2.75) is 6.18 Å². The normalized spacial score (nSPS) is 11.8. The van der Waals surface area contributed by atoms with E-state index >= 15 is 0 Å². The second-order valence-electron chi connectivity index (χ2n) is 4.06. The molecule has 0 spiro atoms. The number of aldehydes is 1. The molecule has 2 nitrogen and oxygen atoms in total. The predicted molar refractivity (Wildman–Crippen MR) is 70.0 cm³/mol. The summed E-state index contributed by atoms with van der Waals surface area (Å²) in [5.74, 6) is 0. The van der Waals surface area contributed by atoms with Crippen LogP contribution in [0.15, 0.2) is 42.5 Å². The summed E-state index contributed by atoms with van der Waals surface area (Å²) < 4.78 is 37.2.